The molecule has 0 aromatic carbocycles. The predicted molar refractivity (Wildman–Crippen MR) is 62.8 cm³/mol. The molecule has 1 aromatic heterocycles. The third-order valence-electron chi connectivity index (χ3n) is 3.13. The summed E-state index contributed by atoms with van der Waals surface area (Å²) < 4.78 is 0. The molecule has 0 spiro atoms. The highest BCUT2D eigenvalue weighted by molar-refractivity contribution is 5.56. The fourth-order valence-corrected chi connectivity index (χ4v) is 2.28. The zero-order chi connectivity index (χ0) is 10.7. The molecule has 0 aliphatic heterocycles. The Balaban J connectivity index is 1.84. The first-order valence-electron chi connectivity index (χ1n) is 5.81. The van der Waals surface area contributed by atoms with Crippen molar-refractivity contribution in [1.82, 2.24) is 9.97 Å². The lowest BCUT2D eigenvalue weighted by Gasteiger charge is -2.21. The molecule has 0 bridgehead atoms. The van der Waals surface area contributed by atoms with Gasteiger partial charge in [-0.2, -0.15) is 0 Å². The van der Waals surface area contributed by atoms with E-state index in [9.17, 15) is 0 Å². The monoisotopic (exact) mass is 208 g/mol. The van der Waals surface area contributed by atoms with Gasteiger partial charge in [-0.25, -0.2) is 4.98 Å². The van der Waals surface area contributed by atoms with Crippen molar-refractivity contribution in [3.63, 3.8) is 0 Å². The molecule has 0 amide bonds. The van der Waals surface area contributed by atoms with Crippen LogP contribution in [0.1, 0.15) is 37.9 Å². The second kappa shape index (κ2) is 4.55. The number of aryl methyl sites for hydroxylation is 1. The fourth-order valence-electron chi connectivity index (χ4n) is 2.28. The van der Waals surface area contributed by atoms with Gasteiger partial charge in [-0.3, -0.25) is 0 Å². The Bertz CT molecular complexity index is 312. The molecule has 0 atom stereocenters. The Kier molecular flexibility index (Phi) is 3.14. The van der Waals surface area contributed by atoms with Crippen LogP contribution in [0.3, 0.4) is 0 Å². The van der Waals surface area contributed by atoms with Crippen LogP contribution < -0.4 is 11.1 Å². The van der Waals surface area contributed by atoms with Crippen LogP contribution in [0.2, 0.25) is 0 Å². The van der Waals surface area contributed by atoms with Crippen LogP contribution in [-0.2, 0) is 0 Å². The van der Waals surface area contributed by atoms with Gasteiger partial charge >= 0.3 is 0 Å². The van der Waals surface area contributed by atoms with E-state index < -0.39 is 0 Å². The molecule has 84 valence electrons. The first-order chi connectivity index (χ1) is 7.25. The lowest BCUT2D eigenvalue weighted by atomic mass is 9.89. The number of nitrogens with two attached hydrogens (primary N) is 1. The maximum Gasteiger partial charge on any atom is 0.168 e. The Hall–Kier alpha value is -1.19. The van der Waals surface area contributed by atoms with Crippen LogP contribution in [0.15, 0.2) is 0 Å². The lowest BCUT2D eigenvalue weighted by Crippen LogP contribution is -2.17. The van der Waals surface area contributed by atoms with E-state index in [-0.39, 0.29) is 0 Å². The molecular formula is C11H20N4. The van der Waals surface area contributed by atoms with Crippen LogP contribution >= 0.6 is 0 Å². The molecule has 1 aliphatic rings. The third-order valence-corrected chi connectivity index (χ3v) is 3.13. The zero-order valence-electron chi connectivity index (χ0n) is 9.34. The molecule has 4 heteroatoms. The van der Waals surface area contributed by atoms with Gasteiger partial charge in [0.25, 0.3) is 0 Å². The van der Waals surface area contributed by atoms with E-state index in [0.717, 1.165) is 24.1 Å². The standard InChI is InChI=1S/C11H20N4/c1-8-14-10(12)11(15-8)13-7-9-5-3-2-4-6-9/h9,13H,2-7,12H2,1H3,(H,14,15). The first-order valence-corrected chi connectivity index (χ1v) is 5.81. The summed E-state index contributed by atoms with van der Waals surface area (Å²) in [7, 11) is 0. The van der Waals surface area contributed by atoms with Gasteiger partial charge in [0.05, 0.1) is 0 Å². The molecule has 1 aromatic rings. The molecule has 2 rings (SSSR count). The molecule has 1 fully saturated rings. The van der Waals surface area contributed by atoms with E-state index in [4.69, 9.17) is 5.73 Å². The van der Waals surface area contributed by atoms with Crippen molar-refractivity contribution in [2.45, 2.75) is 39.0 Å². The SMILES string of the molecule is Cc1nc(NCC2CCCCC2)c(N)[nH]1. The number of nitrogen functional groups attached to an aromatic ring is 1. The van der Waals surface area contributed by atoms with E-state index in [1.807, 2.05) is 6.92 Å². The summed E-state index contributed by atoms with van der Waals surface area (Å²) in [6.45, 7) is 2.93. The fraction of sp³-hybridized carbons (Fsp3) is 0.727. The smallest absolute Gasteiger partial charge is 0.168 e. The predicted octanol–water partition coefficient (Wildman–Crippen LogP) is 2.29. The summed E-state index contributed by atoms with van der Waals surface area (Å²) in [5.41, 5.74) is 5.78. The van der Waals surface area contributed by atoms with Gasteiger partial charge in [-0.1, -0.05) is 19.3 Å². The highest BCUT2D eigenvalue weighted by atomic mass is 15.1. The Morgan fingerprint density at radius 3 is 2.73 bits per heavy atom. The summed E-state index contributed by atoms with van der Waals surface area (Å²) in [5.74, 6) is 3.15. The van der Waals surface area contributed by atoms with Gasteiger partial charge in [0.2, 0.25) is 0 Å². The van der Waals surface area contributed by atoms with Gasteiger partial charge in [0, 0.05) is 6.54 Å². The summed E-state index contributed by atoms with van der Waals surface area (Å²) in [5, 5.41) is 3.34. The van der Waals surface area contributed by atoms with Crippen LogP contribution in [0.4, 0.5) is 11.6 Å². The molecule has 0 radical (unpaired) electrons. The molecule has 1 saturated carbocycles. The number of nitrogens with zero attached hydrogens (tertiary/aromatic N) is 1. The molecule has 0 unspecified atom stereocenters. The quantitative estimate of drug-likeness (QED) is 0.714. The normalized spacial score (nSPS) is 17.9. The van der Waals surface area contributed by atoms with Gasteiger partial charge in [0.1, 0.15) is 11.6 Å². The van der Waals surface area contributed by atoms with Gasteiger partial charge < -0.3 is 16.0 Å². The molecule has 1 aliphatic carbocycles. The third kappa shape index (κ3) is 2.64. The van der Waals surface area contributed by atoms with Crippen molar-refractivity contribution in [3.8, 4) is 0 Å². The minimum absolute atomic E-state index is 0.656. The van der Waals surface area contributed by atoms with Gasteiger partial charge in [-0.15, -0.1) is 0 Å². The number of imidazole rings is 1. The highest BCUT2D eigenvalue weighted by Gasteiger charge is 2.14. The molecule has 15 heavy (non-hydrogen) atoms. The number of H-pyrrole nitrogens is 1. The topological polar surface area (TPSA) is 66.7 Å². The summed E-state index contributed by atoms with van der Waals surface area (Å²) in [6.07, 6.45) is 6.84. The van der Waals surface area contributed by atoms with Crippen molar-refractivity contribution >= 4 is 11.6 Å². The molecule has 0 saturated heterocycles. The minimum Gasteiger partial charge on any atom is -0.382 e. The largest absolute Gasteiger partial charge is 0.382 e. The maximum atomic E-state index is 5.78. The molecule has 4 nitrogen and oxygen atoms in total. The van der Waals surface area contributed by atoms with Crippen LogP contribution in [0.5, 0.6) is 0 Å². The van der Waals surface area contributed by atoms with Crippen LogP contribution in [0, 0.1) is 12.8 Å². The highest BCUT2D eigenvalue weighted by Crippen LogP contribution is 2.24. The van der Waals surface area contributed by atoms with Crippen LogP contribution in [-0.4, -0.2) is 16.5 Å². The van der Waals surface area contributed by atoms with Crippen molar-refractivity contribution in [2.75, 3.05) is 17.6 Å². The second-order valence-corrected chi connectivity index (χ2v) is 4.47. The number of aromatic amines is 1. The number of anilines is 2. The van der Waals surface area contributed by atoms with Crippen molar-refractivity contribution in [3.05, 3.63) is 5.82 Å². The Morgan fingerprint density at radius 2 is 2.13 bits per heavy atom. The summed E-state index contributed by atoms with van der Waals surface area (Å²) in [6, 6.07) is 0. The molecule has 4 N–H and O–H groups in total. The number of hydrogen-bond acceptors (Lipinski definition) is 3. The van der Waals surface area contributed by atoms with E-state index in [0.29, 0.717) is 5.82 Å². The second-order valence-electron chi connectivity index (χ2n) is 4.47. The Morgan fingerprint density at radius 1 is 1.40 bits per heavy atom. The Labute approximate surface area is 90.7 Å². The van der Waals surface area contributed by atoms with E-state index in [1.54, 1.807) is 0 Å². The average Bonchev–Trinajstić information content (AvgIpc) is 2.56. The van der Waals surface area contributed by atoms with Gasteiger partial charge in [0.15, 0.2) is 5.82 Å². The maximum absolute atomic E-state index is 5.78. The molecule has 1 heterocycles. The lowest BCUT2D eigenvalue weighted by molar-refractivity contribution is 0.373. The average molecular weight is 208 g/mol. The first kappa shape index (κ1) is 10.3. The zero-order valence-corrected chi connectivity index (χ0v) is 9.34. The molecular weight excluding hydrogens is 188 g/mol. The van der Waals surface area contributed by atoms with Crippen LogP contribution in [0.25, 0.3) is 0 Å². The number of rotatable bonds is 3. The van der Waals surface area contributed by atoms with E-state index >= 15 is 0 Å². The number of aromatic nitrogens is 2. The number of hydrogen-bond donors (Lipinski definition) is 3. The number of nitrogens with one attached hydrogen (secondary N) is 2. The minimum atomic E-state index is 0.656. The van der Waals surface area contributed by atoms with E-state index in [2.05, 4.69) is 15.3 Å². The van der Waals surface area contributed by atoms with Crippen molar-refractivity contribution < 1.29 is 0 Å². The van der Waals surface area contributed by atoms with Crippen molar-refractivity contribution in [2.24, 2.45) is 5.92 Å². The summed E-state index contributed by atoms with van der Waals surface area (Å²) in [4.78, 5) is 7.30. The van der Waals surface area contributed by atoms with Crippen molar-refractivity contribution in [1.29, 1.82) is 0 Å². The van der Waals surface area contributed by atoms with E-state index in [1.165, 1.54) is 32.1 Å². The summed E-state index contributed by atoms with van der Waals surface area (Å²) >= 11 is 0. The van der Waals surface area contributed by atoms with Gasteiger partial charge in [-0.05, 0) is 25.7 Å².